The molecule has 0 bridgehead atoms. The summed E-state index contributed by atoms with van der Waals surface area (Å²) in [5.74, 6) is 0. The second-order valence-electron chi connectivity index (χ2n) is 5.39. The maximum atomic E-state index is 2.40. The lowest BCUT2D eigenvalue weighted by Crippen LogP contribution is -2.30. The lowest BCUT2D eigenvalue weighted by Gasteiger charge is -2.10. The Hall–Kier alpha value is -2.08. The molecule has 0 saturated heterocycles. The Balaban J connectivity index is 2.33. The van der Waals surface area contributed by atoms with Crippen LogP contribution in [-0.4, -0.2) is 0 Å². The summed E-state index contributed by atoms with van der Waals surface area (Å²) in [4.78, 5) is 0. The van der Waals surface area contributed by atoms with E-state index in [2.05, 4.69) is 61.5 Å². The van der Waals surface area contributed by atoms with E-state index >= 15 is 0 Å². The average molecular weight is 244 g/mol. The van der Waals surface area contributed by atoms with E-state index in [1.807, 2.05) is 0 Å². The van der Waals surface area contributed by atoms with Crippen LogP contribution in [0.3, 0.4) is 0 Å². The summed E-state index contributed by atoms with van der Waals surface area (Å²) in [6, 6.07) is 15.6. The highest BCUT2D eigenvalue weighted by molar-refractivity contribution is 6.08. The molecule has 0 saturated carbocycles. The third-order valence-corrected chi connectivity index (χ3v) is 4.20. The van der Waals surface area contributed by atoms with Gasteiger partial charge in [0.15, 0.2) is 0 Å². The summed E-state index contributed by atoms with van der Waals surface area (Å²) in [6.07, 6.45) is 7.13. The van der Waals surface area contributed by atoms with Crippen molar-refractivity contribution in [2.45, 2.75) is 19.8 Å². The van der Waals surface area contributed by atoms with Crippen molar-refractivity contribution in [3.05, 3.63) is 58.5 Å². The predicted octanol–water partition coefficient (Wildman–Crippen LogP) is 3.66. The lowest BCUT2D eigenvalue weighted by atomic mass is 9.94. The van der Waals surface area contributed by atoms with Gasteiger partial charge in [-0.3, -0.25) is 0 Å². The predicted molar refractivity (Wildman–Crippen MR) is 83.6 cm³/mol. The van der Waals surface area contributed by atoms with Crippen molar-refractivity contribution in [1.29, 1.82) is 0 Å². The molecule has 0 unspecified atom stereocenters. The number of benzene rings is 3. The smallest absolute Gasteiger partial charge is 0.00964 e. The molecule has 0 amide bonds. The molecule has 92 valence electrons. The largest absolute Gasteiger partial charge is 0.0761 e. The van der Waals surface area contributed by atoms with E-state index < -0.39 is 0 Å². The Kier molecular flexibility index (Phi) is 2.25. The highest BCUT2D eigenvalue weighted by Gasteiger charge is 2.06. The van der Waals surface area contributed by atoms with Crippen LogP contribution in [0.4, 0.5) is 0 Å². The van der Waals surface area contributed by atoms with E-state index in [-0.39, 0.29) is 0 Å². The molecule has 0 atom stereocenters. The number of hydrogen-bond donors (Lipinski definition) is 0. The maximum absolute atomic E-state index is 2.40. The molecular formula is C19H16. The SMILES string of the molecule is Cc1cc2c(ccc3ccccc32)c2c1=CCCC=2. The van der Waals surface area contributed by atoms with Gasteiger partial charge in [-0.1, -0.05) is 54.6 Å². The highest BCUT2D eigenvalue weighted by atomic mass is 14.1. The summed E-state index contributed by atoms with van der Waals surface area (Å²) in [6.45, 7) is 2.23. The number of rotatable bonds is 0. The molecule has 19 heavy (non-hydrogen) atoms. The monoisotopic (exact) mass is 244 g/mol. The molecule has 0 N–H and O–H groups in total. The van der Waals surface area contributed by atoms with Crippen LogP contribution in [0, 0.1) is 6.92 Å². The van der Waals surface area contributed by atoms with Crippen LogP contribution >= 0.6 is 0 Å². The van der Waals surface area contributed by atoms with E-state index in [0.29, 0.717) is 0 Å². The highest BCUT2D eigenvalue weighted by Crippen LogP contribution is 2.23. The van der Waals surface area contributed by atoms with Crippen LogP contribution in [0.2, 0.25) is 0 Å². The number of fused-ring (bicyclic) bond motifs is 5. The third-order valence-electron chi connectivity index (χ3n) is 4.20. The molecule has 0 heteroatoms. The van der Waals surface area contributed by atoms with Gasteiger partial charge in [0.1, 0.15) is 0 Å². The quantitative estimate of drug-likeness (QED) is 0.529. The third kappa shape index (κ3) is 1.53. The van der Waals surface area contributed by atoms with Crippen LogP contribution in [0.1, 0.15) is 18.4 Å². The average Bonchev–Trinajstić information content (AvgIpc) is 2.47. The molecule has 4 rings (SSSR count). The minimum absolute atomic E-state index is 1.17. The molecule has 3 aromatic rings. The van der Waals surface area contributed by atoms with E-state index in [0.717, 1.165) is 0 Å². The van der Waals surface area contributed by atoms with Gasteiger partial charge < -0.3 is 0 Å². The first-order valence-electron chi connectivity index (χ1n) is 6.96. The summed E-state index contributed by atoms with van der Waals surface area (Å²) in [5, 5.41) is 8.36. The minimum Gasteiger partial charge on any atom is -0.0761 e. The van der Waals surface area contributed by atoms with Crippen molar-refractivity contribution < 1.29 is 0 Å². The Bertz CT molecular complexity index is 914. The molecule has 1 aliphatic carbocycles. The Morgan fingerprint density at radius 2 is 1.53 bits per heavy atom. The molecule has 3 aromatic carbocycles. The summed E-state index contributed by atoms with van der Waals surface area (Å²) in [5.41, 5.74) is 1.40. The fraction of sp³-hybridized carbons (Fsp3) is 0.158. The zero-order valence-corrected chi connectivity index (χ0v) is 11.1. The lowest BCUT2D eigenvalue weighted by molar-refractivity contribution is 1.11. The minimum atomic E-state index is 1.17. The van der Waals surface area contributed by atoms with E-state index in [4.69, 9.17) is 0 Å². The van der Waals surface area contributed by atoms with Gasteiger partial charge in [-0.25, -0.2) is 0 Å². The van der Waals surface area contributed by atoms with Gasteiger partial charge in [0.2, 0.25) is 0 Å². The zero-order valence-electron chi connectivity index (χ0n) is 11.1. The zero-order chi connectivity index (χ0) is 12.8. The maximum Gasteiger partial charge on any atom is -0.00964 e. The first kappa shape index (κ1) is 10.8. The summed E-state index contributed by atoms with van der Waals surface area (Å²) < 4.78 is 0. The van der Waals surface area contributed by atoms with E-state index in [1.54, 1.807) is 0 Å². The first-order chi connectivity index (χ1) is 9.34. The molecule has 0 aliphatic heterocycles. The van der Waals surface area contributed by atoms with Crippen molar-refractivity contribution >= 4 is 33.7 Å². The molecule has 1 aliphatic rings. The normalized spacial score (nSPS) is 13.9. The van der Waals surface area contributed by atoms with Gasteiger partial charge in [-0.05, 0) is 57.3 Å². The Morgan fingerprint density at radius 3 is 2.42 bits per heavy atom. The van der Waals surface area contributed by atoms with Crippen LogP contribution in [0.15, 0.2) is 42.5 Å². The van der Waals surface area contributed by atoms with Crippen LogP contribution in [0.25, 0.3) is 33.7 Å². The Morgan fingerprint density at radius 1 is 0.737 bits per heavy atom. The van der Waals surface area contributed by atoms with E-state index in [9.17, 15) is 0 Å². The molecule has 0 fully saturated rings. The van der Waals surface area contributed by atoms with Crippen LogP contribution < -0.4 is 10.4 Å². The standard InChI is InChI=1S/C19H16/c1-13-12-19-16-8-3-2-6-14(16)10-11-18(19)17-9-5-4-7-15(13)17/h2-3,6-12H,4-5H2,1H3. The fourth-order valence-electron chi connectivity index (χ4n) is 3.28. The van der Waals surface area contributed by atoms with Gasteiger partial charge in [-0.15, -0.1) is 0 Å². The summed E-state index contributed by atoms with van der Waals surface area (Å²) >= 11 is 0. The van der Waals surface area contributed by atoms with Gasteiger partial charge in [0, 0.05) is 0 Å². The van der Waals surface area contributed by atoms with E-state index in [1.165, 1.54) is 50.4 Å². The van der Waals surface area contributed by atoms with Crippen molar-refractivity contribution in [3.8, 4) is 0 Å². The van der Waals surface area contributed by atoms with Gasteiger partial charge in [0.05, 0.1) is 0 Å². The van der Waals surface area contributed by atoms with Crippen LogP contribution in [0.5, 0.6) is 0 Å². The van der Waals surface area contributed by atoms with Crippen molar-refractivity contribution in [2.24, 2.45) is 0 Å². The van der Waals surface area contributed by atoms with Gasteiger partial charge in [0.25, 0.3) is 0 Å². The van der Waals surface area contributed by atoms with Crippen molar-refractivity contribution in [3.63, 3.8) is 0 Å². The topological polar surface area (TPSA) is 0 Å². The molecular weight excluding hydrogens is 228 g/mol. The second-order valence-corrected chi connectivity index (χ2v) is 5.39. The Labute approximate surface area is 112 Å². The van der Waals surface area contributed by atoms with Gasteiger partial charge >= 0.3 is 0 Å². The number of hydrogen-bond acceptors (Lipinski definition) is 0. The molecule has 0 radical (unpaired) electrons. The van der Waals surface area contributed by atoms with Crippen molar-refractivity contribution in [2.75, 3.05) is 0 Å². The number of aryl methyl sites for hydroxylation is 1. The van der Waals surface area contributed by atoms with Crippen molar-refractivity contribution in [1.82, 2.24) is 0 Å². The summed E-state index contributed by atoms with van der Waals surface area (Å²) in [7, 11) is 0. The van der Waals surface area contributed by atoms with Crippen LogP contribution in [-0.2, 0) is 0 Å². The van der Waals surface area contributed by atoms with Gasteiger partial charge in [-0.2, -0.15) is 0 Å². The molecule has 0 heterocycles. The molecule has 0 nitrogen and oxygen atoms in total. The molecule has 0 aromatic heterocycles. The fourth-order valence-corrected chi connectivity index (χ4v) is 3.28. The first-order valence-corrected chi connectivity index (χ1v) is 6.96. The second kappa shape index (κ2) is 3.96. The molecule has 0 spiro atoms.